The van der Waals surface area contributed by atoms with Gasteiger partial charge in [0.15, 0.2) is 5.69 Å². The van der Waals surface area contributed by atoms with Crippen LogP contribution in [0.1, 0.15) is 32.0 Å². The van der Waals surface area contributed by atoms with Gasteiger partial charge < -0.3 is 4.85 Å². The van der Waals surface area contributed by atoms with Crippen molar-refractivity contribution in [3.63, 3.8) is 0 Å². The van der Waals surface area contributed by atoms with E-state index in [1.54, 1.807) is 0 Å². The van der Waals surface area contributed by atoms with Crippen LogP contribution in [0.25, 0.3) is 38.3 Å². The van der Waals surface area contributed by atoms with Gasteiger partial charge in [0.2, 0.25) is 5.65 Å². The molecule has 4 rings (SSSR count). The van der Waals surface area contributed by atoms with Crippen molar-refractivity contribution in [1.29, 1.82) is 5.26 Å². The van der Waals surface area contributed by atoms with Crippen LogP contribution in [0.15, 0.2) is 42.5 Å². The molecule has 6 heteroatoms. The van der Waals surface area contributed by atoms with E-state index in [4.69, 9.17) is 11.8 Å². The zero-order chi connectivity index (χ0) is 19.9. The highest BCUT2D eigenvalue weighted by molar-refractivity contribution is 5.87. The van der Waals surface area contributed by atoms with Crippen molar-refractivity contribution in [2.75, 3.05) is 0 Å². The van der Waals surface area contributed by atoms with E-state index in [9.17, 15) is 0 Å². The SMILES string of the molecule is [C-]#[N+]c1nc2nc3cc(-c4ccc(C(C)(C)C)cc4)ccc3nc2nc1C#N. The molecule has 2 heterocycles. The molecule has 0 aliphatic heterocycles. The zero-order valence-electron chi connectivity index (χ0n) is 15.7. The molecule has 28 heavy (non-hydrogen) atoms. The Bertz CT molecular complexity index is 1300. The van der Waals surface area contributed by atoms with Crippen LogP contribution in [-0.2, 0) is 5.41 Å². The van der Waals surface area contributed by atoms with Crippen molar-refractivity contribution >= 4 is 28.1 Å². The van der Waals surface area contributed by atoms with Crippen LogP contribution >= 0.6 is 0 Å². The first-order valence-corrected chi connectivity index (χ1v) is 8.77. The molecule has 0 radical (unpaired) electrons. The topological polar surface area (TPSA) is 79.7 Å². The number of benzene rings is 2. The molecule has 0 atom stereocenters. The van der Waals surface area contributed by atoms with Crippen LogP contribution in [-0.4, -0.2) is 19.9 Å². The molecule has 2 aromatic carbocycles. The van der Waals surface area contributed by atoms with Crippen molar-refractivity contribution in [2.24, 2.45) is 0 Å². The fraction of sp³-hybridized carbons (Fsp3) is 0.182. The lowest BCUT2D eigenvalue weighted by Crippen LogP contribution is -2.10. The Hall–Kier alpha value is -3.90. The lowest BCUT2D eigenvalue weighted by atomic mass is 9.86. The van der Waals surface area contributed by atoms with Gasteiger partial charge >= 0.3 is 5.82 Å². The number of aromatic nitrogens is 4. The minimum atomic E-state index is -0.0578. The molecule has 0 aliphatic carbocycles. The Balaban J connectivity index is 1.83. The third kappa shape index (κ3) is 3.02. The summed E-state index contributed by atoms with van der Waals surface area (Å²) in [6.07, 6.45) is 0. The van der Waals surface area contributed by atoms with E-state index < -0.39 is 0 Å². The molecular formula is C22H16N6. The summed E-state index contributed by atoms with van der Waals surface area (Å²) in [5.74, 6) is -0.0578. The fourth-order valence-electron chi connectivity index (χ4n) is 2.99. The van der Waals surface area contributed by atoms with E-state index >= 15 is 0 Å². The highest BCUT2D eigenvalue weighted by atomic mass is 15.0. The first-order chi connectivity index (χ1) is 13.4. The van der Waals surface area contributed by atoms with Crippen molar-refractivity contribution < 1.29 is 0 Å². The zero-order valence-corrected chi connectivity index (χ0v) is 15.7. The normalized spacial score (nSPS) is 11.3. The lowest BCUT2D eigenvalue weighted by Gasteiger charge is -2.19. The minimum absolute atomic E-state index is 0.0355. The summed E-state index contributed by atoms with van der Waals surface area (Å²) in [5.41, 5.74) is 5.31. The fourth-order valence-corrected chi connectivity index (χ4v) is 2.99. The maximum atomic E-state index is 9.11. The molecule has 4 aromatic rings. The van der Waals surface area contributed by atoms with E-state index in [-0.39, 0.29) is 28.2 Å². The smallest absolute Gasteiger partial charge is 0.308 e. The van der Waals surface area contributed by atoms with Crippen molar-refractivity contribution in [2.45, 2.75) is 26.2 Å². The van der Waals surface area contributed by atoms with Crippen LogP contribution in [0.5, 0.6) is 0 Å². The first-order valence-electron chi connectivity index (χ1n) is 8.77. The van der Waals surface area contributed by atoms with Crippen LogP contribution in [0.3, 0.4) is 0 Å². The van der Waals surface area contributed by atoms with E-state index in [1.807, 2.05) is 24.3 Å². The summed E-state index contributed by atoms with van der Waals surface area (Å²) in [7, 11) is 0. The van der Waals surface area contributed by atoms with Gasteiger partial charge in [0.25, 0.3) is 5.65 Å². The van der Waals surface area contributed by atoms with Crippen molar-refractivity contribution in [3.05, 3.63) is 65.1 Å². The molecule has 0 bridgehead atoms. The first kappa shape index (κ1) is 17.5. The Morgan fingerprint density at radius 2 is 1.50 bits per heavy atom. The molecule has 0 fully saturated rings. The second-order valence-corrected chi connectivity index (χ2v) is 7.52. The molecule has 134 valence electrons. The number of hydrogen-bond acceptors (Lipinski definition) is 5. The van der Waals surface area contributed by atoms with Crippen LogP contribution in [0.4, 0.5) is 5.82 Å². The Morgan fingerprint density at radius 1 is 0.857 bits per heavy atom. The van der Waals surface area contributed by atoms with Gasteiger partial charge in [-0.2, -0.15) is 5.26 Å². The number of rotatable bonds is 1. The van der Waals surface area contributed by atoms with Gasteiger partial charge in [-0.05, 0) is 34.2 Å². The number of fused-ring (bicyclic) bond motifs is 2. The summed E-state index contributed by atoms with van der Waals surface area (Å²) in [5, 5.41) is 9.11. The molecule has 6 nitrogen and oxygen atoms in total. The van der Waals surface area contributed by atoms with Crippen LogP contribution in [0, 0.1) is 17.9 Å². The van der Waals surface area contributed by atoms with Gasteiger partial charge in [-0.3, -0.25) is 0 Å². The standard InChI is InChI=1S/C22H16N6/c1-22(2,3)15-8-5-13(6-9-15)14-7-10-16-17(11-14)26-21-20(25-16)27-18(12-23)19(24-4)28-21/h5-11H,1-3H3. The van der Waals surface area contributed by atoms with Gasteiger partial charge in [0.05, 0.1) is 11.0 Å². The quantitative estimate of drug-likeness (QED) is 0.352. The molecular weight excluding hydrogens is 348 g/mol. The van der Waals surface area contributed by atoms with E-state index in [0.717, 1.165) is 11.1 Å². The summed E-state index contributed by atoms with van der Waals surface area (Å²) in [4.78, 5) is 20.5. The Labute approximate surface area is 162 Å². The highest BCUT2D eigenvalue weighted by Crippen LogP contribution is 2.28. The highest BCUT2D eigenvalue weighted by Gasteiger charge is 2.15. The molecule has 2 aromatic heterocycles. The predicted octanol–water partition coefficient (Wildman–Crippen LogP) is 4.96. The van der Waals surface area contributed by atoms with Gasteiger partial charge in [-0.1, -0.05) is 62.7 Å². The molecule has 0 saturated heterocycles. The third-order valence-electron chi connectivity index (χ3n) is 4.57. The monoisotopic (exact) mass is 364 g/mol. The van der Waals surface area contributed by atoms with Crippen LogP contribution in [0.2, 0.25) is 0 Å². The molecule has 0 amide bonds. The average Bonchev–Trinajstić information content (AvgIpc) is 2.70. The largest absolute Gasteiger partial charge is 0.358 e. The predicted molar refractivity (Wildman–Crippen MR) is 108 cm³/mol. The molecule has 0 saturated carbocycles. The van der Waals surface area contributed by atoms with Gasteiger partial charge in [-0.15, -0.1) is 0 Å². The number of hydrogen-bond donors (Lipinski definition) is 0. The van der Waals surface area contributed by atoms with E-state index in [2.05, 4.69) is 69.8 Å². The number of nitrogens with zero attached hydrogens (tertiary/aromatic N) is 6. The van der Waals surface area contributed by atoms with Crippen LogP contribution < -0.4 is 0 Å². The summed E-state index contributed by atoms with van der Waals surface area (Å²) in [6.45, 7) is 13.7. The van der Waals surface area contributed by atoms with Gasteiger partial charge in [0, 0.05) is 0 Å². The average molecular weight is 364 g/mol. The van der Waals surface area contributed by atoms with E-state index in [0.29, 0.717) is 11.0 Å². The maximum Gasteiger partial charge on any atom is 0.308 e. The molecule has 0 aliphatic rings. The van der Waals surface area contributed by atoms with Gasteiger partial charge in [-0.25, -0.2) is 15.0 Å². The summed E-state index contributed by atoms with van der Waals surface area (Å²) < 4.78 is 0. The summed E-state index contributed by atoms with van der Waals surface area (Å²) in [6, 6.07) is 16.2. The molecule has 0 N–H and O–H groups in total. The van der Waals surface area contributed by atoms with E-state index in [1.165, 1.54) is 5.56 Å². The maximum absolute atomic E-state index is 9.11. The third-order valence-corrected chi connectivity index (χ3v) is 4.57. The lowest BCUT2D eigenvalue weighted by molar-refractivity contribution is 0.590. The second kappa shape index (κ2) is 6.37. The minimum Gasteiger partial charge on any atom is -0.358 e. The Morgan fingerprint density at radius 3 is 2.14 bits per heavy atom. The summed E-state index contributed by atoms with van der Waals surface area (Å²) >= 11 is 0. The Kier molecular flexibility index (Phi) is 3.98. The van der Waals surface area contributed by atoms with Gasteiger partial charge in [0.1, 0.15) is 6.07 Å². The van der Waals surface area contributed by atoms with Crippen molar-refractivity contribution in [3.8, 4) is 17.2 Å². The molecule has 0 unspecified atom stereocenters. The van der Waals surface area contributed by atoms with Crippen molar-refractivity contribution in [1.82, 2.24) is 19.9 Å². The second-order valence-electron chi connectivity index (χ2n) is 7.52. The molecule has 0 spiro atoms. The number of nitriles is 1.